The summed E-state index contributed by atoms with van der Waals surface area (Å²) >= 11 is 0. The van der Waals surface area contributed by atoms with E-state index in [-0.39, 0.29) is 19.1 Å². The first kappa shape index (κ1) is 64.4. The van der Waals surface area contributed by atoms with Crippen molar-refractivity contribution in [3.8, 4) is 0 Å². The molecule has 3 atom stereocenters. The van der Waals surface area contributed by atoms with Gasteiger partial charge in [-0.25, -0.2) is 4.57 Å². The van der Waals surface area contributed by atoms with Gasteiger partial charge in [-0.05, 0) is 77.0 Å². The SMILES string of the molecule is CC/C=C\C/C=C\C/C=C\C/C=C\C/C=C\C/C=C\C/C=C\C/C=C\CCCCCCCCC(=O)NC(COP(=O)(O)OCC[N+](C)(C)C)C(O)CCCCCCCCCCCCCCCC. The van der Waals surface area contributed by atoms with Crippen LogP contribution in [0.5, 0.6) is 0 Å². The molecule has 0 aromatic carbocycles. The van der Waals surface area contributed by atoms with Gasteiger partial charge >= 0.3 is 7.82 Å². The molecule has 0 rings (SSSR count). The van der Waals surface area contributed by atoms with Crippen LogP contribution in [0, 0.1) is 0 Å². The van der Waals surface area contributed by atoms with Gasteiger partial charge in [0.05, 0.1) is 39.9 Å². The number of aliphatic hydroxyl groups excluding tert-OH is 1. The number of hydrogen-bond acceptors (Lipinski definition) is 5. The standard InChI is InChI=1S/C58H103N2O6P/c1-6-8-10-12-14-16-18-20-22-23-24-25-26-27-28-29-30-31-32-33-34-35-36-37-38-40-42-44-46-48-50-52-58(62)59-56(55-66-67(63,64)65-54-53-60(3,4)5)57(61)51-49-47-45-43-41-39-21-19-17-15-13-11-9-7-2/h8,10,14,16,20,22,24-25,27-28,30-31,33-34,36-37,56-57,61H,6-7,9,11-13,15,17-19,21,23,26,29,32,35,38-55H2,1-5H3,(H-,59,62,63,64)/p+1/b10-8-,16-14-,22-20-,25-24-,28-27-,31-30-,34-33-,37-36-. The summed E-state index contributed by atoms with van der Waals surface area (Å²) in [7, 11) is 1.59. The van der Waals surface area contributed by atoms with Gasteiger partial charge in [0.2, 0.25) is 5.91 Å². The minimum absolute atomic E-state index is 0.0665. The molecule has 0 aliphatic carbocycles. The van der Waals surface area contributed by atoms with Gasteiger partial charge in [0.1, 0.15) is 13.2 Å². The van der Waals surface area contributed by atoms with Crippen molar-refractivity contribution in [2.24, 2.45) is 0 Å². The Labute approximate surface area is 413 Å². The first-order chi connectivity index (χ1) is 32.5. The van der Waals surface area contributed by atoms with Crippen LogP contribution in [0.1, 0.15) is 213 Å². The largest absolute Gasteiger partial charge is 0.472 e. The number of carbonyl (C=O) groups is 1. The average Bonchev–Trinajstić information content (AvgIpc) is 3.29. The molecule has 1 amide bonds. The Kier molecular flexibility index (Phi) is 46.6. The van der Waals surface area contributed by atoms with E-state index in [4.69, 9.17) is 9.05 Å². The fourth-order valence-corrected chi connectivity index (χ4v) is 8.09. The lowest BCUT2D eigenvalue weighted by Gasteiger charge is -2.26. The molecule has 0 heterocycles. The zero-order chi connectivity index (χ0) is 49.2. The summed E-state index contributed by atoms with van der Waals surface area (Å²) < 4.78 is 23.7. The zero-order valence-corrected chi connectivity index (χ0v) is 44.8. The minimum atomic E-state index is -4.33. The highest BCUT2D eigenvalue weighted by Crippen LogP contribution is 2.43. The molecule has 67 heavy (non-hydrogen) atoms. The van der Waals surface area contributed by atoms with Gasteiger partial charge < -0.3 is 19.8 Å². The highest BCUT2D eigenvalue weighted by molar-refractivity contribution is 7.47. The third-order valence-electron chi connectivity index (χ3n) is 11.6. The lowest BCUT2D eigenvalue weighted by molar-refractivity contribution is -0.870. The first-order valence-electron chi connectivity index (χ1n) is 27.1. The van der Waals surface area contributed by atoms with E-state index in [1.807, 2.05) is 21.1 Å². The van der Waals surface area contributed by atoms with E-state index in [2.05, 4.69) is 116 Å². The predicted octanol–water partition coefficient (Wildman–Crippen LogP) is 16.3. The van der Waals surface area contributed by atoms with E-state index in [1.165, 1.54) is 83.5 Å². The smallest absolute Gasteiger partial charge is 0.391 e. The Hall–Kier alpha value is -2.58. The summed E-state index contributed by atoms with van der Waals surface area (Å²) in [6.07, 6.45) is 68.8. The van der Waals surface area contributed by atoms with Crippen LogP contribution in [0.25, 0.3) is 0 Å². The summed E-state index contributed by atoms with van der Waals surface area (Å²) in [5.41, 5.74) is 0. The molecule has 9 heteroatoms. The van der Waals surface area contributed by atoms with Crippen LogP contribution < -0.4 is 5.32 Å². The molecule has 0 saturated carbocycles. The van der Waals surface area contributed by atoms with E-state index in [0.29, 0.717) is 23.9 Å². The Morgan fingerprint density at radius 2 is 0.896 bits per heavy atom. The van der Waals surface area contributed by atoms with Crippen molar-refractivity contribution in [3.05, 3.63) is 97.2 Å². The Morgan fingerprint density at radius 1 is 0.522 bits per heavy atom. The van der Waals surface area contributed by atoms with Gasteiger partial charge in [-0.2, -0.15) is 0 Å². The Morgan fingerprint density at radius 3 is 1.31 bits per heavy atom. The van der Waals surface area contributed by atoms with Crippen LogP contribution in [0.15, 0.2) is 97.2 Å². The number of allylic oxidation sites excluding steroid dienone is 16. The van der Waals surface area contributed by atoms with Gasteiger partial charge in [0.25, 0.3) is 0 Å². The number of amides is 1. The number of nitrogens with one attached hydrogen (secondary N) is 1. The molecule has 0 aromatic heterocycles. The van der Waals surface area contributed by atoms with Crippen molar-refractivity contribution < 1.29 is 32.9 Å². The summed E-state index contributed by atoms with van der Waals surface area (Å²) in [6, 6.07) is -0.775. The zero-order valence-electron chi connectivity index (χ0n) is 43.9. The fraction of sp³-hybridized carbons (Fsp3) is 0.707. The van der Waals surface area contributed by atoms with Crippen molar-refractivity contribution in [2.45, 2.75) is 225 Å². The maximum absolute atomic E-state index is 13.0. The van der Waals surface area contributed by atoms with Crippen molar-refractivity contribution in [1.82, 2.24) is 5.32 Å². The highest BCUT2D eigenvalue weighted by Gasteiger charge is 2.28. The lowest BCUT2D eigenvalue weighted by Crippen LogP contribution is -2.46. The van der Waals surface area contributed by atoms with E-state index < -0.39 is 20.0 Å². The number of phosphoric acid groups is 1. The summed E-state index contributed by atoms with van der Waals surface area (Å²) in [5, 5.41) is 14.0. The van der Waals surface area contributed by atoms with Gasteiger partial charge in [-0.1, -0.05) is 227 Å². The number of quaternary nitrogens is 1. The molecule has 3 unspecified atom stereocenters. The number of hydrogen-bond donors (Lipinski definition) is 3. The Bertz CT molecular complexity index is 1410. The topological polar surface area (TPSA) is 105 Å². The minimum Gasteiger partial charge on any atom is -0.391 e. The number of carbonyl (C=O) groups excluding carboxylic acids is 1. The molecule has 0 aliphatic heterocycles. The van der Waals surface area contributed by atoms with Crippen LogP contribution in [0.3, 0.4) is 0 Å². The molecule has 0 fully saturated rings. The average molecular weight is 956 g/mol. The summed E-state index contributed by atoms with van der Waals surface area (Å²) in [4.78, 5) is 23.3. The third kappa shape index (κ3) is 51.1. The second-order valence-corrected chi connectivity index (χ2v) is 20.7. The second kappa shape index (κ2) is 48.4. The fourth-order valence-electron chi connectivity index (χ4n) is 7.36. The van der Waals surface area contributed by atoms with Crippen molar-refractivity contribution in [3.63, 3.8) is 0 Å². The maximum atomic E-state index is 13.0. The van der Waals surface area contributed by atoms with E-state index >= 15 is 0 Å². The number of phosphoric ester groups is 1. The van der Waals surface area contributed by atoms with Crippen LogP contribution in [-0.4, -0.2) is 73.4 Å². The molecule has 0 aromatic rings. The van der Waals surface area contributed by atoms with Crippen LogP contribution in [0.2, 0.25) is 0 Å². The predicted molar refractivity (Wildman–Crippen MR) is 290 cm³/mol. The van der Waals surface area contributed by atoms with Crippen molar-refractivity contribution in [1.29, 1.82) is 0 Å². The van der Waals surface area contributed by atoms with Gasteiger partial charge in [-0.15, -0.1) is 0 Å². The van der Waals surface area contributed by atoms with Crippen molar-refractivity contribution >= 4 is 13.7 Å². The van der Waals surface area contributed by atoms with E-state index in [0.717, 1.165) is 103 Å². The van der Waals surface area contributed by atoms with Crippen LogP contribution in [-0.2, 0) is 18.4 Å². The third-order valence-corrected chi connectivity index (χ3v) is 12.6. The van der Waals surface area contributed by atoms with Crippen LogP contribution >= 0.6 is 7.82 Å². The van der Waals surface area contributed by atoms with Gasteiger partial charge in [-0.3, -0.25) is 13.8 Å². The molecule has 0 saturated heterocycles. The molecule has 386 valence electrons. The van der Waals surface area contributed by atoms with E-state index in [9.17, 15) is 19.4 Å². The Balaban J connectivity index is 4.23. The molecule has 0 bridgehead atoms. The number of unbranched alkanes of at least 4 members (excludes halogenated alkanes) is 19. The molecular weight excluding hydrogens is 852 g/mol. The number of rotatable bonds is 48. The second-order valence-electron chi connectivity index (χ2n) is 19.2. The summed E-state index contributed by atoms with van der Waals surface area (Å²) in [5.74, 6) is -0.163. The molecular formula is C58H104N2O6P+. The first-order valence-corrected chi connectivity index (χ1v) is 28.6. The number of aliphatic hydroxyl groups is 1. The normalized spacial score (nSPS) is 14.8. The van der Waals surface area contributed by atoms with Crippen molar-refractivity contribution in [2.75, 3.05) is 40.9 Å². The van der Waals surface area contributed by atoms with Gasteiger partial charge in [0, 0.05) is 6.42 Å². The quantitative estimate of drug-likeness (QED) is 0.0243. The molecule has 8 nitrogen and oxygen atoms in total. The lowest BCUT2D eigenvalue weighted by atomic mass is 10.0. The van der Waals surface area contributed by atoms with Gasteiger partial charge in [0.15, 0.2) is 0 Å². The van der Waals surface area contributed by atoms with E-state index in [1.54, 1.807) is 0 Å². The van der Waals surface area contributed by atoms with Crippen LogP contribution in [0.4, 0.5) is 0 Å². The summed E-state index contributed by atoms with van der Waals surface area (Å²) in [6.45, 7) is 4.75. The maximum Gasteiger partial charge on any atom is 0.472 e. The number of nitrogens with zero attached hydrogens (tertiary/aromatic N) is 1. The highest BCUT2D eigenvalue weighted by atomic mass is 31.2. The molecule has 0 aliphatic rings. The molecule has 0 radical (unpaired) electrons. The molecule has 3 N–H and O–H groups in total. The molecule has 0 spiro atoms. The monoisotopic (exact) mass is 956 g/mol. The number of likely N-dealkylation sites (N-methyl/N-ethyl adjacent to an activating group) is 1.